The van der Waals surface area contributed by atoms with E-state index < -0.39 is 17.0 Å². The molecule has 100 valence electrons. The molecular formula is C13H6Cl4F2. The minimum Gasteiger partial charge on any atom is -0.204 e. The van der Waals surface area contributed by atoms with Crippen molar-refractivity contribution < 1.29 is 8.78 Å². The van der Waals surface area contributed by atoms with E-state index in [2.05, 4.69) is 0 Å². The second-order valence-corrected chi connectivity index (χ2v) is 5.57. The standard InChI is InChI=1S/C13H6Cl4F2/c14-7-1-6(2-8(15)3-7)13(17)9-4-11(18)12(19)5-10(9)16/h1-5,13H. The Morgan fingerprint density at radius 3 is 1.89 bits per heavy atom. The van der Waals surface area contributed by atoms with Gasteiger partial charge in [-0.15, -0.1) is 11.6 Å². The molecule has 0 aliphatic rings. The second-order valence-electron chi connectivity index (χ2n) is 3.85. The Bertz CT molecular complexity index is 608. The highest BCUT2D eigenvalue weighted by Crippen LogP contribution is 2.36. The lowest BCUT2D eigenvalue weighted by atomic mass is 10.0. The Balaban J connectivity index is 2.49. The normalized spacial score (nSPS) is 12.5. The highest BCUT2D eigenvalue weighted by molar-refractivity contribution is 6.35. The van der Waals surface area contributed by atoms with Crippen molar-refractivity contribution in [1.82, 2.24) is 0 Å². The zero-order valence-electron chi connectivity index (χ0n) is 9.23. The first-order valence-corrected chi connectivity index (χ1v) is 6.70. The summed E-state index contributed by atoms with van der Waals surface area (Å²) in [5.41, 5.74) is 0.799. The van der Waals surface area contributed by atoms with Crippen molar-refractivity contribution in [3.63, 3.8) is 0 Å². The fourth-order valence-corrected chi connectivity index (χ4v) is 2.80. The molecule has 0 aromatic heterocycles. The van der Waals surface area contributed by atoms with Gasteiger partial charge in [-0.1, -0.05) is 34.8 Å². The van der Waals surface area contributed by atoms with E-state index in [0.29, 0.717) is 15.6 Å². The first-order valence-electron chi connectivity index (χ1n) is 5.13. The largest absolute Gasteiger partial charge is 0.204 e. The van der Waals surface area contributed by atoms with Crippen LogP contribution >= 0.6 is 46.4 Å². The first kappa shape index (κ1) is 14.9. The average molecular weight is 342 g/mol. The molecule has 0 nitrogen and oxygen atoms in total. The number of rotatable bonds is 2. The number of halogens is 6. The van der Waals surface area contributed by atoms with Crippen LogP contribution in [-0.4, -0.2) is 0 Å². The summed E-state index contributed by atoms with van der Waals surface area (Å²) in [6, 6.07) is 6.56. The number of hydrogen-bond donors (Lipinski definition) is 0. The predicted molar refractivity (Wildman–Crippen MR) is 75.5 cm³/mol. The van der Waals surface area contributed by atoms with Gasteiger partial charge in [-0.2, -0.15) is 0 Å². The molecule has 0 heterocycles. The third-order valence-electron chi connectivity index (χ3n) is 2.49. The quantitative estimate of drug-likeness (QED) is 0.447. The van der Waals surface area contributed by atoms with Gasteiger partial charge in [-0.25, -0.2) is 8.78 Å². The molecule has 2 rings (SSSR count). The van der Waals surface area contributed by atoms with Gasteiger partial charge >= 0.3 is 0 Å². The average Bonchev–Trinajstić information content (AvgIpc) is 2.31. The van der Waals surface area contributed by atoms with E-state index in [0.717, 1.165) is 12.1 Å². The fraction of sp³-hybridized carbons (Fsp3) is 0.0769. The Morgan fingerprint density at radius 1 is 0.789 bits per heavy atom. The molecule has 0 spiro atoms. The molecule has 2 aromatic rings. The van der Waals surface area contributed by atoms with Crippen LogP contribution < -0.4 is 0 Å². The van der Waals surface area contributed by atoms with Crippen molar-refractivity contribution in [3.8, 4) is 0 Å². The molecule has 1 atom stereocenters. The molecule has 0 fully saturated rings. The van der Waals surface area contributed by atoms with Gasteiger partial charge in [0.05, 0.1) is 5.38 Å². The Labute approximate surface area is 128 Å². The lowest BCUT2D eigenvalue weighted by Crippen LogP contribution is -1.97. The molecule has 0 saturated heterocycles. The van der Waals surface area contributed by atoms with Crippen molar-refractivity contribution in [1.29, 1.82) is 0 Å². The summed E-state index contributed by atoms with van der Waals surface area (Å²) in [5.74, 6) is -2.04. The van der Waals surface area contributed by atoms with Crippen LogP contribution in [-0.2, 0) is 0 Å². The first-order chi connectivity index (χ1) is 8.88. The van der Waals surface area contributed by atoms with E-state index in [1.54, 1.807) is 18.2 Å². The highest BCUT2D eigenvalue weighted by Gasteiger charge is 2.18. The Morgan fingerprint density at radius 2 is 1.32 bits per heavy atom. The van der Waals surface area contributed by atoms with E-state index in [1.165, 1.54) is 0 Å². The van der Waals surface area contributed by atoms with E-state index in [4.69, 9.17) is 46.4 Å². The van der Waals surface area contributed by atoms with Crippen LogP contribution in [0.25, 0.3) is 0 Å². The van der Waals surface area contributed by atoms with Gasteiger partial charge in [0, 0.05) is 15.1 Å². The summed E-state index contributed by atoms with van der Waals surface area (Å²) in [6.07, 6.45) is 0. The lowest BCUT2D eigenvalue weighted by Gasteiger charge is -2.13. The highest BCUT2D eigenvalue weighted by atomic mass is 35.5. The maximum atomic E-state index is 13.2. The number of hydrogen-bond acceptors (Lipinski definition) is 0. The van der Waals surface area contributed by atoms with Crippen LogP contribution in [0, 0.1) is 11.6 Å². The van der Waals surface area contributed by atoms with Gasteiger partial charge in [-0.3, -0.25) is 0 Å². The predicted octanol–water partition coefficient (Wildman–Crippen LogP) is 6.25. The van der Waals surface area contributed by atoms with Gasteiger partial charge in [0.25, 0.3) is 0 Å². The summed E-state index contributed by atoms with van der Waals surface area (Å²) in [7, 11) is 0. The molecule has 1 unspecified atom stereocenters. The summed E-state index contributed by atoms with van der Waals surface area (Å²) in [5, 5.41) is 0.0486. The molecule has 0 amide bonds. The molecule has 0 aliphatic heterocycles. The SMILES string of the molecule is Fc1cc(Cl)c(C(Cl)c2cc(Cl)cc(Cl)c2)cc1F. The number of alkyl halides is 1. The van der Waals surface area contributed by atoms with Crippen molar-refractivity contribution in [2.45, 2.75) is 5.38 Å². The van der Waals surface area contributed by atoms with Gasteiger partial charge in [0.2, 0.25) is 0 Å². The monoisotopic (exact) mass is 340 g/mol. The van der Waals surface area contributed by atoms with Gasteiger partial charge < -0.3 is 0 Å². The third kappa shape index (κ3) is 3.32. The van der Waals surface area contributed by atoms with Crippen molar-refractivity contribution in [2.75, 3.05) is 0 Å². The smallest absolute Gasteiger partial charge is 0.160 e. The zero-order chi connectivity index (χ0) is 14.2. The van der Waals surface area contributed by atoms with Crippen molar-refractivity contribution in [3.05, 3.63) is 68.2 Å². The van der Waals surface area contributed by atoms with Crippen LogP contribution in [0.2, 0.25) is 15.1 Å². The summed E-state index contributed by atoms with van der Waals surface area (Å²) in [6.45, 7) is 0. The van der Waals surface area contributed by atoms with Crippen LogP contribution in [0.5, 0.6) is 0 Å². The molecule has 0 bridgehead atoms. The maximum absolute atomic E-state index is 13.2. The summed E-state index contributed by atoms with van der Waals surface area (Å²) in [4.78, 5) is 0. The van der Waals surface area contributed by atoms with Crippen LogP contribution in [0.1, 0.15) is 16.5 Å². The topological polar surface area (TPSA) is 0 Å². The van der Waals surface area contributed by atoms with Crippen molar-refractivity contribution >= 4 is 46.4 Å². The molecule has 0 radical (unpaired) electrons. The lowest BCUT2D eigenvalue weighted by molar-refractivity contribution is 0.507. The molecule has 0 N–H and O–H groups in total. The minimum atomic E-state index is -1.03. The maximum Gasteiger partial charge on any atom is 0.160 e. The molecule has 2 aromatic carbocycles. The Kier molecular flexibility index (Phi) is 4.57. The second kappa shape index (κ2) is 5.84. The summed E-state index contributed by atoms with van der Waals surface area (Å²) >= 11 is 23.8. The molecule has 6 heteroatoms. The third-order valence-corrected chi connectivity index (χ3v) is 3.74. The Hall–Kier alpha value is -0.540. The number of benzene rings is 2. The van der Waals surface area contributed by atoms with E-state index >= 15 is 0 Å². The van der Waals surface area contributed by atoms with Crippen LogP contribution in [0.4, 0.5) is 8.78 Å². The minimum absolute atomic E-state index is 0.0370. The molecule has 0 saturated carbocycles. The molecular weight excluding hydrogens is 336 g/mol. The van der Waals surface area contributed by atoms with Gasteiger partial charge in [-0.05, 0) is 41.5 Å². The van der Waals surface area contributed by atoms with Gasteiger partial charge in [0.15, 0.2) is 11.6 Å². The van der Waals surface area contributed by atoms with E-state index in [-0.39, 0.29) is 10.6 Å². The molecule has 19 heavy (non-hydrogen) atoms. The summed E-state index contributed by atoms with van der Waals surface area (Å²) < 4.78 is 26.3. The van der Waals surface area contributed by atoms with Crippen LogP contribution in [0.3, 0.4) is 0 Å². The van der Waals surface area contributed by atoms with E-state index in [1.807, 2.05) is 0 Å². The van der Waals surface area contributed by atoms with E-state index in [9.17, 15) is 8.78 Å². The fourth-order valence-electron chi connectivity index (χ4n) is 1.63. The van der Waals surface area contributed by atoms with Crippen molar-refractivity contribution in [2.24, 2.45) is 0 Å². The van der Waals surface area contributed by atoms with Gasteiger partial charge in [0.1, 0.15) is 0 Å². The van der Waals surface area contributed by atoms with Crippen LogP contribution in [0.15, 0.2) is 30.3 Å². The molecule has 0 aliphatic carbocycles. The zero-order valence-corrected chi connectivity index (χ0v) is 12.3.